The van der Waals surface area contributed by atoms with Crippen LogP contribution in [0.3, 0.4) is 0 Å². The Morgan fingerprint density at radius 3 is 2.10 bits per heavy atom. The lowest BCUT2D eigenvalue weighted by atomic mass is 10.0. The van der Waals surface area contributed by atoms with E-state index in [-0.39, 0.29) is 12.4 Å². The zero-order valence-corrected chi connectivity index (χ0v) is 13.4. The molecule has 0 saturated carbocycles. The standard InChI is InChI=1S/C13H15Cl2F3N2.ClH/c14-10-5-9(6-11(15)7-10)12(8-13(16,17)18)20-3-1-19-2-4-20;/h5-7,12,19H,1-4,8H2;1H/t12-;/m0./s1. The molecule has 2 rings (SSSR count). The molecule has 1 atom stereocenters. The number of halogens is 6. The SMILES string of the molecule is Cl.FC(F)(F)C[C@@H](c1cc(Cl)cc(Cl)c1)N1CCNCC1. The summed E-state index contributed by atoms with van der Waals surface area (Å²) in [6.45, 7) is 2.51. The number of benzene rings is 1. The Hall–Kier alpha value is -0.200. The molecular formula is C13H16Cl3F3N2. The Bertz CT molecular complexity index is 442. The van der Waals surface area contributed by atoms with E-state index >= 15 is 0 Å². The molecular weight excluding hydrogens is 348 g/mol. The predicted molar refractivity (Wildman–Crippen MR) is 81.6 cm³/mol. The molecule has 1 aliphatic heterocycles. The maximum Gasteiger partial charge on any atom is 0.390 e. The lowest BCUT2D eigenvalue weighted by Crippen LogP contribution is -2.46. The third-order valence-corrected chi connectivity index (χ3v) is 3.72. The van der Waals surface area contributed by atoms with E-state index in [0.29, 0.717) is 41.8 Å². The van der Waals surface area contributed by atoms with Crippen molar-refractivity contribution in [3.63, 3.8) is 0 Å². The zero-order chi connectivity index (χ0) is 14.8. The van der Waals surface area contributed by atoms with E-state index in [4.69, 9.17) is 23.2 Å². The maximum atomic E-state index is 12.8. The second kappa shape index (κ2) is 7.88. The Morgan fingerprint density at radius 2 is 1.62 bits per heavy atom. The fraction of sp³-hybridized carbons (Fsp3) is 0.538. The average Bonchev–Trinajstić information content (AvgIpc) is 2.35. The first-order valence-electron chi connectivity index (χ1n) is 6.33. The van der Waals surface area contributed by atoms with Gasteiger partial charge < -0.3 is 5.32 Å². The minimum Gasteiger partial charge on any atom is -0.314 e. The Labute approximate surface area is 138 Å². The lowest BCUT2D eigenvalue weighted by Gasteiger charge is -2.35. The van der Waals surface area contributed by atoms with Gasteiger partial charge in [0.1, 0.15) is 0 Å². The molecule has 1 fully saturated rings. The Balaban J connectivity index is 0.00000220. The van der Waals surface area contributed by atoms with E-state index in [0.717, 1.165) is 0 Å². The summed E-state index contributed by atoms with van der Waals surface area (Å²) in [6.07, 6.45) is -5.13. The molecule has 8 heteroatoms. The van der Waals surface area contributed by atoms with Crippen LogP contribution < -0.4 is 5.32 Å². The van der Waals surface area contributed by atoms with Crippen LogP contribution in [-0.4, -0.2) is 37.3 Å². The van der Waals surface area contributed by atoms with Crippen LogP contribution in [-0.2, 0) is 0 Å². The van der Waals surface area contributed by atoms with Crippen molar-refractivity contribution in [1.82, 2.24) is 10.2 Å². The molecule has 1 heterocycles. The molecule has 1 saturated heterocycles. The summed E-state index contributed by atoms with van der Waals surface area (Å²) in [5, 5.41) is 3.84. The molecule has 2 nitrogen and oxygen atoms in total. The van der Waals surface area contributed by atoms with E-state index in [2.05, 4.69) is 5.32 Å². The first-order valence-corrected chi connectivity index (χ1v) is 7.08. The lowest BCUT2D eigenvalue weighted by molar-refractivity contribution is -0.148. The molecule has 120 valence electrons. The predicted octanol–water partition coefficient (Wildman–Crippen LogP) is 4.31. The molecule has 0 amide bonds. The highest BCUT2D eigenvalue weighted by atomic mass is 35.5. The Morgan fingerprint density at radius 1 is 1.10 bits per heavy atom. The average molecular weight is 364 g/mol. The first kappa shape index (κ1) is 18.8. The van der Waals surface area contributed by atoms with Crippen LogP contribution in [0.25, 0.3) is 0 Å². The van der Waals surface area contributed by atoms with Crippen molar-refractivity contribution < 1.29 is 13.2 Å². The normalized spacial score (nSPS) is 18.1. The van der Waals surface area contributed by atoms with E-state index < -0.39 is 18.6 Å². The highest BCUT2D eigenvalue weighted by Gasteiger charge is 2.36. The number of hydrogen-bond acceptors (Lipinski definition) is 2. The molecule has 0 spiro atoms. The highest BCUT2D eigenvalue weighted by molar-refractivity contribution is 6.34. The number of alkyl halides is 3. The van der Waals surface area contributed by atoms with Crippen LogP contribution >= 0.6 is 35.6 Å². The van der Waals surface area contributed by atoms with Gasteiger partial charge >= 0.3 is 6.18 Å². The number of rotatable bonds is 3. The number of piperazine rings is 1. The summed E-state index contributed by atoms with van der Waals surface area (Å²) in [4.78, 5) is 1.83. The van der Waals surface area contributed by atoms with Gasteiger partial charge in [-0.3, -0.25) is 4.90 Å². The minimum atomic E-state index is -4.23. The van der Waals surface area contributed by atoms with Gasteiger partial charge in [-0.1, -0.05) is 23.2 Å². The van der Waals surface area contributed by atoms with Gasteiger partial charge in [-0.2, -0.15) is 13.2 Å². The largest absolute Gasteiger partial charge is 0.390 e. The third-order valence-electron chi connectivity index (χ3n) is 3.29. The molecule has 1 aromatic carbocycles. The van der Waals surface area contributed by atoms with Crippen LogP contribution in [0.5, 0.6) is 0 Å². The van der Waals surface area contributed by atoms with Gasteiger partial charge in [0.05, 0.1) is 6.42 Å². The highest BCUT2D eigenvalue weighted by Crippen LogP contribution is 2.36. The molecule has 0 radical (unpaired) electrons. The van der Waals surface area contributed by atoms with Crippen molar-refractivity contribution in [3.05, 3.63) is 33.8 Å². The van der Waals surface area contributed by atoms with Crippen LogP contribution in [0.2, 0.25) is 10.0 Å². The number of hydrogen-bond donors (Lipinski definition) is 1. The molecule has 0 unspecified atom stereocenters. The van der Waals surface area contributed by atoms with E-state index in [1.165, 1.54) is 6.07 Å². The molecule has 1 N–H and O–H groups in total. The number of nitrogens with zero attached hydrogens (tertiary/aromatic N) is 1. The number of nitrogens with one attached hydrogen (secondary N) is 1. The fourth-order valence-corrected chi connectivity index (χ4v) is 2.98. The van der Waals surface area contributed by atoms with Crippen molar-refractivity contribution in [2.75, 3.05) is 26.2 Å². The summed E-state index contributed by atoms with van der Waals surface area (Å²) >= 11 is 11.8. The molecule has 1 aliphatic rings. The second-order valence-corrected chi connectivity index (χ2v) is 5.70. The third kappa shape index (κ3) is 5.83. The van der Waals surface area contributed by atoms with Gasteiger partial charge in [0.2, 0.25) is 0 Å². The van der Waals surface area contributed by atoms with Crippen LogP contribution in [0.1, 0.15) is 18.0 Å². The minimum absolute atomic E-state index is 0. The van der Waals surface area contributed by atoms with Gasteiger partial charge in [-0.15, -0.1) is 12.4 Å². The van der Waals surface area contributed by atoms with Gasteiger partial charge in [0.15, 0.2) is 0 Å². The van der Waals surface area contributed by atoms with Gasteiger partial charge in [-0.25, -0.2) is 0 Å². The molecule has 0 aromatic heterocycles. The summed E-state index contributed by atoms with van der Waals surface area (Å²) in [7, 11) is 0. The van der Waals surface area contributed by atoms with Crippen LogP contribution in [0, 0.1) is 0 Å². The van der Waals surface area contributed by atoms with Gasteiger partial charge in [0.25, 0.3) is 0 Å². The van der Waals surface area contributed by atoms with Crippen molar-refractivity contribution in [3.8, 4) is 0 Å². The van der Waals surface area contributed by atoms with Gasteiger partial charge in [-0.05, 0) is 23.8 Å². The molecule has 0 bridgehead atoms. The maximum absolute atomic E-state index is 12.8. The molecule has 1 aromatic rings. The quantitative estimate of drug-likeness (QED) is 0.860. The second-order valence-electron chi connectivity index (χ2n) is 4.82. The summed E-state index contributed by atoms with van der Waals surface area (Å²) < 4.78 is 38.5. The van der Waals surface area contributed by atoms with Crippen LogP contribution in [0.15, 0.2) is 18.2 Å². The fourth-order valence-electron chi connectivity index (χ4n) is 2.44. The monoisotopic (exact) mass is 362 g/mol. The molecule has 0 aliphatic carbocycles. The zero-order valence-electron chi connectivity index (χ0n) is 11.1. The summed E-state index contributed by atoms with van der Waals surface area (Å²) in [5.41, 5.74) is 0.515. The van der Waals surface area contributed by atoms with Gasteiger partial charge in [0, 0.05) is 42.3 Å². The topological polar surface area (TPSA) is 15.3 Å². The van der Waals surface area contributed by atoms with Crippen molar-refractivity contribution >= 4 is 35.6 Å². The van der Waals surface area contributed by atoms with Crippen molar-refractivity contribution in [1.29, 1.82) is 0 Å². The van der Waals surface area contributed by atoms with Crippen molar-refractivity contribution in [2.45, 2.75) is 18.6 Å². The smallest absolute Gasteiger partial charge is 0.314 e. The molecule has 21 heavy (non-hydrogen) atoms. The summed E-state index contributed by atoms with van der Waals surface area (Å²) in [5.74, 6) is 0. The Kier molecular flexibility index (Phi) is 7.07. The van der Waals surface area contributed by atoms with Crippen molar-refractivity contribution in [2.24, 2.45) is 0 Å². The van der Waals surface area contributed by atoms with Crippen LogP contribution in [0.4, 0.5) is 13.2 Å². The van der Waals surface area contributed by atoms with E-state index in [1.54, 1.807) is 12.1 Å². The summed E-state index contributed by atoms with van der Waals surface area (Å²) in [6, 6.07) is 3.90. The first-order chi connectivity index (χ1) is 9.35. The van der Waals surface area contributed by atoms with E-state index in [9.17, 15) is 13.2 Å². The van der Waals surface area contributed by atoms with E-state index in [1.807, 2.05) is 4.90 Å².